The first-order valence-corrected chi connectivity index (χ1v) is 9.34. The molecule has 0 amide bonds. The van der Waals surface area contributed by atoms with Crippen LogP contribution >= 0.6 is 12.2 Å². The molecule has 1 aliphatic rings. The average molecular weight is 365 g/mol. The second-order valence-corrected chi connectivity index (χ2v) is 6.91. The van der Waals surface area contributed by atoms with E-state index in [1.54, 1.807) is 12.1 Å². The highest BCUT2D eigenvalue weighted by Crippen LogP contribution is 2.26. The SMILES string of the molecule is Fc1ccc(-c2cc(C(=S)N3CCCCC3)nn2-c2ccccc2)cc1. The van der Waals surface area contributed by atoms with Gasteiger partial charge in [0.2, 0.25) is 0 Å². The maximum atomic E-state index is 13.4. The van der Waals surface area contributed by atoms with E-state index in [9.17, 15) is 4.39 Å². The number of halogens is 1. The zero-order valence-corrected chi connectivity index (χ0v) is 15.3. The lowest BCUT2D eigenvalue weighted by molar-refractivity contribution is 0.347. The van der Waals surface area contributed by atoms with Gasteiger partial charge in [0.15, 0.2) is 0 Å². The van der Waals surface area contributed by atoms with Crippen molar-refractivity contribution in [2.45, 2.75) is 19.3 Å². The summed E-state index contributed by atoms with van der Waals surface area (Å²) in [5.74, 6) is -0.247. The van der Waals surface area contributed by atoms with Gasteiger partial charge in [0, 0.05) is 18.7 Å². The topological polar surface area (TPSA) is 21.1 Å². The normalized spacial score (nSPS) is 14.4. The van der Waals surface area contributed by atoms with Crippen LogP contribution in [-0.2, 0) is 0 Å². The van der Waals surface area contributed by atoms with Crippen LogP contribution < -0.4 is 0 Å². The highest BCUT2D eigenvalue weighted by molar-refractivity contribution is 7.80. The Bertz CT molecular complexity index is 897. The van der Waals surface area contributed by atoms with E-state index in [4.69, 9.17) is 17.3 Å². The lowest BCUT2D eigenvalue weighted by atomic mass is 10.1. The van der Waals surface area contributed by atoms with Crippen LogP contribution in [0, 0.1) is 5.82 Å². The van der Waals surface area contributed by atoms with Crippen LogP contribution in [0.4, 0.5) is 4.39 Å². The fraction of sp³-hybridized carbons (Fsp3) is 0.238. The van der Waals surface area contributed by atoms with Crippen molar-refractivity contribution in [2.24, 2.45) is 0 Å². The maximum absolute atomic E-state index is 13.4. The van der Waals surface area contributed by atoms with Crippen molar-refractivity contribution in [3.05, 3.63) is 72.2 Å². The van der Waals surface area contributed by atoms with E-state index in [0.717, 1.165) is 40.7 Å². The van der Waals surface area contributed by atoms with Gasteiger partial charge in [-0.15, -0.1) is 0 Å². The van der Waals surface area contributed by atoms with E-state index in [-0.39, 0.29) is 5.82 Å². The first-order chi connectivity index (χ1) is 12.7. The molecule has 0 N–H and O–H groups in total. The molecule has 4 rings (SSSR count). The fourth-order valence-corrected chi connectivity index (χ4v) is 3.62. The van der Waals surface area contributed by atoms with Gasteiger partial charge in [0.05, 0.1) is 11.4 Å². The highest BCUT2D eigenvalue weighted by Gasteiger charge is 2.20. The molecule has 1 fully saturated rings. The zero-order chi connectivity index (χ0) is 17.9. The molecule has 0 atom stereocenters. The molecule has 0 unspecified atom stereocenters. The third-order valence-electron chi connectivity index (χ3n) is 4.71. The van der Waals surface area contributed by atoms with Crippen molar-refractivity contribution in [3.8, 4) is 16.9 Å². The second-order valence-electron chi connectivity index (χ2n) is 6.52. The Morgan fingerprint density at radius 2 is 1.62 bits per heavy atom. The summed E-state index contributed by atoms with van der Waals surface area (Å²) in [6.07, 6.45) is 3.60. The van der Waals surface area contributed by atoms with Gasteiger partial charge in [-0.05, 0) is 61.7 Å². The van der Waals surface area contributed by atoms with E-state index in [2.05, 4.69) is 4.90 Å². The Balaban J connectivity index is 1.77. The Labute approximate surface area is 158 Å². The van der Waals surface area contributed by atoms with Crippen molar-refractivity contribution in [1.82, 2.24) is 14.7 Å². The lowest BCUT2D eigenvalue weighted by Gasteiger charge is -2.28. The standard InChI is InChI=1S/C21H20FN3S/c22-17-11-9-16(10-12-17)20-15-19(21(26)24-13-5-2-6-14-24)23-25(20)18-7-3-1-4-8-18/h1,3-4,7-12,15H,2,5-6,13-14H2. The number of hydrogen-bond acceptors (Lipinski definition) is 2. The maximum Gasteiger partial charge on any atom is 0.129 e. The summed E-state index contributed by atoms with van der Waals surface area (Å²) in [6.45, 7) is 1.98. The third-order valence-corrected chi connectivity index (χ3v) is 5.18. The summed E-state index contributed by atoms with van der Waals surface area (Å²) in [5.41, 5.74) is 3.57. The molecule has 3 aromatic rings. The summed E-state index contributed by atoms with van der Waals surface area (Å²) in [5, 5.41) is 4.79. The predicted molar refractivity (Wildman–Crippen MR) is 106 cm³/mol. The Kier molecular flexibility index (Phi) is 4.80. The molecule has 0 bridgehead atoms. The van der Waals surface area contributed by atoms with Gasteiger partial charge in [0.25, 0.3) is 0 Å². The number of aromatic nitrogens is 2. The summed E-state index contributed by atoms with van der Waals surface area (Å²) in [4.78, 5) is 3.04. The predicted octanol–water partition coefficient (Wildman–Crippen LogP) is 4.84. The Hall–Kier alpha value is -2.53. The number of piperidine rings is 1. The monoisotopic (exact) mass is 365 g/mol. The van der Waals surface area contributed by atoms with Gasteiger partial charge in [0.1, 0.15) is 16.5 Å². The molecule has 2 aromatic carbocycles. The van der Waals surface area contributed by atoms with Crippen molar-refractivity contribution in [3.63, 3.8) is 0 Å². The minimum absolute atomic E-state index is 0.247. The molecule has 1 saturated heterocycles. The van der Waals surface area contributed by atoms with E-state index in [1.165, 1.54) is 31.4 Å². The molecular weight excluding hydrogens is 345 g/mol. The molecule has 0 radical (unpaired) electrons. The Morgan fingerprint density at radius 3 is 2.31 bits per heavy atom. The minimum Gasteiger partial charge on any atom is -0.361 e. The van der Waals surface area contributed by atoms with Crippen molar-refractivity contribution < 1.29 is 4.39 Å². The summed E-state index contributed by atoms with van der Waals surface area (Å²) in [6, 6.07) is 18.5. The molecule has 132 valence electrons. The molecule has 0 spiro atoms. The highest BCUT2D eigenvalue weighted by atomic mass is 32.1. The molecular formula is C21H20FN3S. The molecule has 2 heterocycles. The van der Waals surface area contributed by atoms with E-state index in [1.807, 2.05) is 41.1 Å². The van der Waals surface area contributed by atoms with Crippen LogP contribution in [-0.4, -0.2) is 32.8 Å². The molecule has 1 aliphatic heterocycles. The molecule has 1 aromatic heterocycles. The Morgan fingerprint density at radius 1 is 0.923 bits per heavy atom. The van der Waals surface area contributed by atoms with Crippen LogP contribution in [0.2, 0.25) is 0 Å². The molecule has 5 heteroatoms. The number of likely N-dealkylation sites (tertiary alicyclic amines) is 1. The fourth-order valence-electron chi connectivity index (χ4n) is 3.34. The number of nitrogens with zero attached hydrogens (tertiary/aromatic N) is 3. The van der Waals surface area contributed by atoms with Crippen LogP contribution in [0.1, 0.15) is 25.0 Å². The average Bonchev–Trinajstić information content (AvgIpc) is 3.15. The van der Waals surface area contributed by atoms with Gasteiger partial charge < -0.3 is 4.90 Å². The number of benzene rings is 2. The lowest BCUT2D eigenvalue weighted by Crippen LogP contribution is -2.35. The third kappa shape index (κ3) is 3.40. The van der Waals surface area contributed by atoms with E-state index in [0.29, 0.717) is 0 Å². The van der Waals surface area contributed by atoms with Gasteiger partial charge in [-0.25, -0.2) is 9.07 Å². The van der Waals surface area contributed by atoms with Crippen LogP contribution in [0.15, 0.2) is 60.7 Å². The van der Waals surface area contributed by atoms with Crippen LogP contribution in [0.25, 0.3) is 16.9 Å². The number of rotatable bonds is 3. The zero-order valence-electron chi connectivity index (χ0n) is 14.4. The number of thiocarbonyl (C=S) groups is 1. The molecule has 0 aliphatic carbocycles. The first-order valence-electron chi connectivity index (χ1n) is 8.93. The largest absolute Gasteiger partial charge is 0.361 e. The summed E-state index contributed by atoms with van der Waals surface area (Å²) in [7, 11) is 0. The summed E-state index contributed by atoms with van der Waals surface area (Å²) < 4.78 is 15.2. The van der Waals surface area contributed by atoms with Gasteiger partial charge in [-0.3, -0.25) is 0 Å². The van der Waals surface area contributed by atoms with Crippen molar-refractivity contribution in [2.75, 3.05) is 13.1 Å². The second kappa shape index (κ2) is 7.38. The minimum atomic E-state index is -0.247. The smallest absolute Gasteiger partial charge is 0.129 e. The van der Waals surface area contributed by atoms with E-state index < -0.39 is 0 Å². The molecule has 3 nitrogen and oxygen atoms in total. The van der Waals surface area contributed by atoms with Crippen LogP contribution in [0.5, 0.6) is 0 Å². The van der Waals surface area contributed by atoms with Crippen molar-refractivity contribution in [1.29, 1.82) is 0 Å². The van der Waals surface area contributed by atoms with Gasteiger partial charge in [-0.2, -0.15) is 5.10 Å². The summed E-state index contributed by atoms with van der Waals surface area (Å²) >= 11 is 5.72. The molecule has 26 heavy (non-hydrogen) atoms. The van der Waals surface area contributed by atoms with E-state index >= 15 is 0 Å². The number of para-hydroxylation sites is 1. The first kappa shape index (κ1) is 16.9. The van der Waals surface area contributed by atoms with Crippen LogP contribution in [0.3, 0.4) is 0 Å². The molecule has 0 saturated carbocycles. The number of hydrogen-bond donors (Lipinski definition) is 0. The van der Waals surface area contributed by atoms with Gasteiger partial charge in [-0.1, -0.05) is 30.4 Å². The van der Waals surface area contributed by atoms with Crippen molar-refractivity contribution >= 4 is 17.2 Å². The quantitative estimate of drug-likeness (QED) is 0.620. The van der Waals surface area contributed by atoms with Gasteiger partial charge >= 0.3 is 0 Å².